The van der Waals surface area contributed by atoms with Crippen LogP contribution in [0.3, 0.4) is 0 Å². The maximum absolute atomic E-state index is 10.4. The zero-order chi connectivity index (χ0) is 16.2. The molecule has 0 bridgehead atoms. The molecule has 1 aliphatic rings. The molecular weight excluding hydrogens is 292 g/mol. The van der Waals surface area contributed by atoms with Crippen molar-refractivity contribution in [2.45, 2.75) is 31.5 Å². The Kier molecular flexibility index (Phi) is 5.15. The van der Waals surface area contributed by atoms with Gasteiger partial charge in [0.1, 0.15) is 0 Å². The van der Waals surface area contributed by atoms with Crippen molar-refractivity contribution in [3.05, 3.63) is 42.1 Å². The summed E-state index contributed by atoms with van der Waals surface area (Å²) < 4.78 is 6.96. The first-order chi connectivity index (χ1) is 11.1. The fourth-order valence-corrected chi connectivity index (χ4v) is 3.35. The first-order valence-corrected chi connectivity index (χ1v) is 8.21. The lowest BCUT2D eigenvalue weighted by molar-refractivity contribution is 0.0981. The van der Waals surface area contributed by atoms with Gasteiger partial charge in [-0.15, -0.1) is 0 Å². The highest BCUT2D eigenvalue weighted by molar-refractivity contribution is 5.06. The maximum Gasteiger partial charge on any atom is 0.0947 e. The zero-order valence-electron chi connectivity index (χ0n) is 13.9. The Hall–Kier alpha value is -1.63. The van der Waals surface area contributed by atoms with Crippen molar-refractivity contribution in [1.29, 1.82) is 0 Å². The second kappa shape index (κ2) is 7.29. The van der Waals surface area contributed by atoms with Gasteiger partial charge in [-0.2, -0.15) is 5.10 Å². The lowest BCUT2D eigenvalue weighted by Crippen LogP contribution is -2.41. The molecule has 2 atom stereocenters. The molecule has 1 N–H and O–H groups in total. The van der Waals surface area contributed by atoms with E-state index in [-0.39, 0.29) is 12.1 Å². The van der Waals surface area contributed by atoms with Gasteiger partial charge in [0, 0.05) is 44.5 Å². The van der Waals surface area contributed by atoms with E-state index in [0.717, 1.165) is 44.6 Å². The number of hydrogen-bond acceptors (Lipinski definition) is 5. The van der Waals surface area contributed by atoms with Gasteiger partial charge in [-0.3, -0.25) is 14.5 Å². The summed E-state index contributed by atoms with van der Waals surface area (Å²) in [5.74, 6) is 0. The van der Waals surface area contributed by atoms with Gasteiger partial charge in [0.05, 0.1) is 24.8 Å². The first-order valence-electron chi connectivity index (χ1n) is 8.21. The van der Waals surface area contributed by atoms with Crippen LogP contribution in [0.15, 0.2) is 35.4 Å². The summed E-state index contributed by atoms with van der Waals surface area (Å²) in [5.41, 5.74) is 2.44. The van der Waals surface area contributed by atoms with Crippen molar-refractivity contribution in [3.8, 4) is 0 Å². The number of aromatic nitrogens is 2. The molecule has 0 aliphatic carbocycles. The second-order valence-electron chi connectivity index (χ2n) is 6.57. The number of nitrogens with zero attached hydrogens (tertiary/aromatic N) is 4. The molecule has 6 heteroatoms. The van der Waals surface area contributed by atoms with E-state index in [1.165, 1.54) is 5.56 Å². The number of likely N-dealkylation sites (N-methyl/N-ethyl adjacent to an activating group) is 1. The third-order valence-electron chi connectivity index (χ3n) is 4.62. The zero-order valence-corrected chi connectivity index (χ0v) is 13.9. The summed E-state index contributed by atoms with van der Waals surface area (Å²) in [5, 5.41) is 14.6. The third-order valence-corrected chi connectivity index (χ3v) is 4.62. The van der Waals surface area contributed by atoms with Gasteiger partial charge >= 0.3 is 0 Å². The molecule has 126 valence electrons. The van der Waals surface area contributed by atoms with E-state index in [0.29, 0.717) is 0 Å². The van der Waals surface area contributed by atoms with E-state index in [9.17, 15) is 5.11 Å². The van der Waals surface area contributed by atoms with E-state index < -0.39 is 0 Å². The van der Waals surface area contributed by atoms with Gasteiger partial charge in [-0.1, -0.05) is 0 Å². The lowest BCUT2D eigenvalue weighted by Gasteiger charge is -2.26. The number of aryl methyl sites for hydroxylation is 2. The van der Waals surface area contributed by atoms with Crippen LogP contribution in [0, 0.1) is 0 Å². The molecule has 0 amide bonds. The summed E-state index contributed by atoms with van der Waals surface area (Å²) in [7, 11) is 4.05. The Morgan fingerprint density at radius 3 is 2.96 bits per heavy atom. The van der Waals surface area contributed by atoms with Gasteiger partial charge in [-0.25, -0.2) is 0 Å². The summed E-state index contributed by atoms with van der Waals surface area (Å²) in [6.07, 6.45) is 9.28. The summed E-state index contributed by atoms with van der Waals surface area (Å²) in [6.45, 7) is 3.45. The van der Waals surface area contributed by atoms with Crippen LogP contribution in [-0.2, 0) is 20.0 Å². The highest BCUT2D eigenvalue weighted by Crippen LogP contribution is 2.18. The van der Waals surface area contributed by atoms with Crippen LogP contribution in [0.1, 0.15) is 17.5 Å². The predicted octanol–water partition coefficient (Wildman–Crippen LogP) is 1.12. The summed E-state index contributed by atoms with van der Waals surface area (Å²) in [4.78, 5) is 4.58. The average Bonchev–Trinajstić information content (AvgIpc) is 3.22. The Morgan fingerprint density at radius 1 is 1.39 bits per heavy atom. The Labute approximate surface area is 137 Å². The molecule has 1 fully saturated rings. The number of β-amino-alcohol motifs (C(OH)–C–C–N with tert-alkyl or cyclic N) is 1. The minimum atomic E-state index is -0.287. The minimum absolute atomic E-state index is 0.204. The molecule has 0 saturated carbocycles. The summed E-state index contributed by atoms with van der Waals surface area (Å²) >= 11 is 0. The van der Waals surface area contributed by atoms with Crippen molar-refractivity contribution in [2.24, 2.45) is 7.05 Å². The number of hydrogen-bond donors (Lipinski definition) is 1. The SMILES string of the molecule is CN(CCCc1cnn(C)c1)[C@@H]1CN(Cc2ccoc2)C[C@H]1O. The van der Waals surface area contributed by atoms with E-state index in [2.05, 4.69) is 28.1 Å². The number of likely N-dealkylation sites (tertiary alicyclic amines) is 1. The average molecular weight is 318 g/mol. The largest absolute Gasteiger partial charge is 0.472 e. The molecule has 2 aromatic heterocycles. The molecule has 0 aromatic carbocycles. The highest BCUT2D eigenvalue weighted by atomic mass is 16.3. The van der Waals surface area contributed by atoms with Gasteiger partial charge in [0.2, 0.25) is 0 Å². The normalized spacial score (nSPS) is 22.3. The fourth-order valence-electron chi connectivity index (χ4n) is 3.35. The lowest BCUT2D eigenvalue weighted by atomic mass is 10.1. The fraction of sp³-hybridized carbons (Fsp3) is 0.588. The molecule has 3 heterocycles. The predicted molar refractivity (Wildman–Crippen MR) is 87.9 cm³/mol. The smallest absolute Gasteiger partial charge is 0.0947 e. The van der Waals surface area contributed by atoms with Crippen molar-refractivity contribution in [1.82, 2.24) is 19.6 Å². The minimum Gasteiger partial charge on any atom is -0.472 e. The van der Waals surface area contributed by atoms with Gasteiger partial charge in [0.15, 0.2) is 0 Å². The van der Waals surface area contributed by atoms with Crippen LogP contribution in [0.4, 0.5) is 0 Å². The third kappa shape index (κ3) is 4.22. The molecule has 0 unspecified atom stereocenters. The van der Waals surface area contributed by atoms with Crippen molar-refractivity contribution < 1.29 is 9.52 Å². The molecule has 1 saturated heterocycles. The topological polar surface area (TPSA) is 57.7 Å². The van der Waals surface area contributed by atoms with E-state index in [4.69, 9.17) is 4.42 Å². The Bertz CT molecular complexity index is 596. The highest BCUT2D eigenvalue weighted by Gasteiger charge is 2.33. The van der Waals surface area contributed by atoms with E-state index in [1.807, 2.05) is 24.0 Å². The Balaban J connectivity index is 1.44. The van der Waals surface area contributed by atoms with Crippen LogP contribution < -0.4 is 0 Å². The maximum atomic E-state index is 10.4. The number of rotatable bonds is 7. The molecule has 0 spiro atoms. The molecule has 1 aliphatic heterocycles. The van der Waals surface area contributed by atoms with Crippen LogP contribution in [0.25, 0.3) is 0 Å². The molecule has 23 heavy (non-hydrogen) atoms. The van der Waals surface area contributed by atoms with Crippen LogP contribution in [-0.4, -0.2) is 63.5 Å². The van der Waals surface area contributed by atoms with Crippen LogP contribution >= 0.6 is 0 Å². The standard InChI is InChI=1S/C17H26N4O2/c1-19(6-3-4-14-8-18-20(2)9-14)16-11-21(12-17(16)22)10-15-5-7-23-13-15/h5,7-9,13,16-17,22H,3-4,6,10-12H2,1-2H3/t16-,17-/m1/s1. The Morgan fingerprint density at radius 2 is 2.26 bits per heavy atom. The van der Waals surface area contributed by atoms with Gasteiger partial charge < -0.3 is 9.52 Å². The molecule has 0 radical (unpaired) electrons. The van der Waals surface area contributed by atoms with Gasteiger partial charge in [0.25, 0.3) is 0 Å². The van der Waals surface area contributed by atoms with Crippen molar-refractivity contribution in [2.75, 3.05) is 26.7 Å². The molecular formula is C17H26N4O2. The van der Waals surface area contributed by atoms with Crippen molar-refractivity contribution >= 4 is 0 Å². The van der Waals surface area contributed by atoms with Crippen LogP contribution in [0.5, 0.6) is 0 Å². The van der Waals surface area contributed by atoms with Crippen LogP contribution in [0.2, 0.25) is 0 Å². The second-order valence-corrected chi connectivity index (χ2v) is 6.57. The molecule has 3 rings (SSSR count). The molecule has 6 nitrogen and oxygen atoms in total. The van der Waals surface area contributed by atoms with E-state index >= 15 is 0 Å². The monoisotopic (exact) mass is 318 g/mol. The quantitative estimate of drug-likeness (QED) is 0.829. The number of aliphatic hydroxyl groups excluding tert-OH is 1. The molecule has 2 aromatic rings. The number of aliphatic hydroxyl groups is 1. The first kappa shape index (κ1) is 16.2. The van der Waals surface area contributed by atoms with E-state index in [1.54, 1.807) is 12.5 Å². The van der Waals surface area contributed by atoms with Crippen molar-refractivity contribution in [3.63, 3.8) is 0 Å². The van der Waals surface area contributed by atoms with Gasteiger partial charge in [-0.05, 0) is 38.1 Å². The number of furan rings is 1. The summed E-state index contributed by atoms with van der Waals surface area (Å²) in [6, 6.07) is 2.19.